The average molecular weight is 329 g/mol. The van der Waals surface area contributed by atoms with Crippen molar-refractivity contribution in [3.8, 4) is 0 Å². The van der Waals surface area contributed by atoms with Crippen LogP contribution in [0, 0.1) is 0 Å². The predicted octanol–water partition coefficient (Wildman–Crippen LogP) is 4.96. The Labute approximate surface area is 141 Å². The zero-order valence-electron chi connectivity index (χ0n) is 13.3. The van der Waals surface area contributed by atoms with Gasteiger partial charge in [-0.2, -0.15) is 0 Å². The summed E-state index contributed by atoms with van der Waals surface area (Å²) in [5, 5.41) is 11.4. The molecule has 1 fully saturated rings. The lowest BCUT2D eigenvalue weighted by atomic mass is 10.00. The molecule has 23 heavy (non-hydrogen) atoms. The number of benzene rings is 2. The molecule has 1 atom stereocenters. The summed E-state index contributed by atoms with van der Waals surface area (Å²) in [5.41, 5.74) is 0. The molecule has 0 aliphatic carbocycles. The highest BCUT2D eigenvalue weighted by Crippen LogP contribution is 2.35. The summed E-state index contributed by atoms with van der Waals surface area (Å²) >= 11 is 1.85. The first-order valence-corrected chi connectivity index (χ1v) is 9.15. The molecule has 0 spiro atoms. The van der Waals surface area contributed by atoms with Crippen LogP contribution in [0.25, 0.3) is 10.8 Å². The Hall–Kier alpha value is -1.52. The maximum atomic E-state index is 10.7. The second-order valence-corrected chi connectivity index (χ2v) is 7.24. The normalized spacial score (nSPS) is 19.0. The van der Waals surface area contributed by atoms with Gasteiger partial charge in [-0.3, -0.25) is 4.79 Å². The van der Waals surface area contributed by atoms with Gasteiger partial charge in [-0.15, -0.1) is 0 Å². The van der Waals surface area contributed by atoms with Gasteiger partial charge in [0.2, 0.25) is 0 Å². The van der Waals surface area contributed by atoms with Crippen molar-refractivity contribution in [1.29, 1.82) is 0 Å². The molecule has 122 valence electrons. The van der Waals surface area contributed by atoms with Gasteiger partial charge in [0.05, 0.1) is 0 Å². The minimum absolute atomic E-state index is 0.281. The van der Waals surface area contributed by atoms with Crippen molar-refractivity contribution in [3.05, 3.63) is 42.5 Å². The molecule has 0 amide bonds. The topological polar surface area (TPSA) is 40.5 Å². The van der Waals surface area contributed by atoms with Crippen molar-refractivity contribution in [2.75, 3.05) is 6.54 Å². The van der Waals surface area contributed by atoms with Gasteiger partial charge in [0.15, 0.2) is 0 Å². The van der Waals surface area contributed by atoms with Crippen molar-refractivity contribution in [1.82, 2.24) is 4.31 Å². The molecule has 1 saturated heterocycles. The fourth-order valence-corrected chi connectivity index (χ4v) is 4.53. The third kappa shape index (κ3) is 4.27. The van der Waals surface area contributed by atoms with Crippen molar-refractivity contribution < 1.29 is 9.90 Å². The highest BCUT2D eigenvalue weighted by atomic mass is 32.2. The Morgan fingerprint density at radius 1 is 1.17 bits per heavy atom. The number of piperidine rings is 1. The molecule has 3 rings (SSSR count). The molecule has 1 unspecified atom stereocenters. The molecule has 0 radical (unpaired) electrons. The lowest BCUT2D eigenvalue weighted by Crippen LogP contribution is -2.34. The smallest absolute Gasteiger partial charge is 0.303 e. The van der Waals surface area contributed by atoms with Crippen molar-refractivity contribution >= 4 is 28.7 Å². The summed E-state index contributed by atoms with van der Waals surface area (Å²) < 4.78 is 2.48. The summed E-state index contributed by atoms with van der Waals surface area (Å²) in [6, 6.07) is 15.5. The number of nitrogens with zero attached hydrogens (tertiary/aromatic N) is 1. The maximum Gasteiger partial charge on any atom is 0.303 e. The zero-order valence-corrected chi connectivity index (χ0v) is 14.1. The quantitative estimate of drug-likeness (QED) is 0.761. The third-order valence-electron chi connectivity index (χ3n) is 4.47. The number of carboxylic acids is 1. The fourth-order valence-electron chi connectivity index (χ4n) is 3.27. The van der Waals surface area contributed by atoms with E-state index in [-0.39, 0.29) is 6.42 Å². The third-order valence-corrected chi connectivity index (χ3v) is 5.73. The second-order valence-electron chi connectivity index (χ2n) is 6.14. The maximum absolute atomic E-state index is 10.7. The number of aliphatic carboxylic acids is 1. The Morgan fingerprint density at radius 2 is 2.00 bits per heavy atom. The number of fused-ring (bicyclic) bond motifs is 1. The monoisotopic (exact) mass is 329 g/mol. The molecular formula is C19H23NO2S. The van der Waals surface area contributed by atoms with E-state index >= 15 is 0 Å². The van der Waals surface area contributed by atoms with Gasteiger partial charge in [-0.1, -0.05) is 42.8 Å². The van der Waals surface area contributed by atoms with E-state index in [0.717, 1.165) is 19.4 Å². The number of hydrogen-bond donors (Lipinski definition) is 1. The van der Waals surface area contributed by atoms with Gasteiger partial charge in [-0.25, -0.2) is 4.31 Å². The van der Waals surface area contributed by atoms with E-state index in [2.05, 4.69) is 46.8 Å². The van der Waals surface area contributed by atoms with Crippen LogP contribution < -0.4 is 0 Å². The van der Waals surface area contributed by atoms with Gasteiger partial charge >= 0.3 is 5.97 Å². The molecule has 0 bridgehead atoms. The van der Waals surface area contributed by atoms with Gasteiger partial charge in [0, 0.05) is 23.9 Å². The zero-order chi connectivity index (χ0) is 16.1. The Balaban J connectivity index is 1.72. The highest BCUT2D eigenvalue weighted by Gasteiger charge is 2.23. The van der Waals surface area contributed by atoms with Crippen molar-refractivity contribution in [2.45, 2.75) is 49.5 Å². The first-order chi connectivity index (χ1) is 11.2. The lowest BCUT2D eigenvalue weighted by molar-refractivity contribution is -0.137. The van der Waals surface area contributed by atoms with Crippen LogP contribution in [-0.2, 0) is 4.79 Å². The molecule has 2 aromatic carbocycles. The SMILES string of the molecule is O=C(O)CCCC1CCCCN1Sc1cccc2ccccc12. The first-order valence-electron chi connectivity index (χ1n) is 8.38. The van der Waals surface area contributed by atoms with Gasteiger partial charge in [0.1, 0.15) is 0 Å². The highest BCUT2D eigenvalue weighted by molar-refractivity contribution is 7.97. The summed E-state index contributed by atoms with van der Waals surface area (Å²) in [6.45, 7) is 1.09. The van der Waals surface area contributed by atoms with Crippen LogP contribution in [0.1, 0.15) is 38.5 Å². The van der Waals surface area contributed by atoms with Crippen molar-refractivity contribution in [3.63, 3.8) is 0 Å². The molecular weight excluding hydrogens is 306 g/mol. The van der Waals surface area contributed by atoms with E-state index in [1.54, 1.807) is 0 Å². The Morgan fingerprint density at radius 3 is 2.87 bits per heavy atom. The summed E-state index contributed by atoms with van der Waals surface area (Å²) in [6.07, 6.45) is 5.69. The molecule has 2 aromatic rings. The Bertz CT molecular complexity index is 668. The minimum atomic E-state index is -0.686. The number of rotatable bonds is 6. The molecule has 1 aliphatic rings. The second kappa shape index (κ2) is 7.84. The van der Waals surface area contributed by atoms with E-state index < -0.39 is 5.97 Å². The van der Waals surface area contributed by atoms with E-state index in [4.69, 9.17) is 5.11 Å². The molecule has 4 heteroatoms. The van der Waals surface area contributed by atoms with Crippen molar-refractivity contribution in [2.24, 2.45) is 0 Å². The van der Waals surface area contributed by atoms with Crippen LogP contribution in [0.2, 0.25) is 0 Å². The summed E-state index contributed by atoms with van der Waals surface area (Å²) in [5.74, 6) is -0.686. The van der Waals surface area contributed by atoms with E-state index in [1.807, 2.05) is 11.9 Å². The minimum Gasteiger partial charge on any atom is -0.481 e. The average Bonchev–Trinajstić information content (AvgIpc) is 2.56. The van der Waals surface area contributed by atoms with Gasteiger partial charge < -0.3 is 5.11 Å². The van der Waals surface area contributed by atoms with Crippen LogP contribution in [0.4, 0.5) is 0 Å². The van der Waals surface area contributed by atoms with Gasteiger partial charge in [-0.05, 0) is 54.5 Å². The van der Waals surface area contributed by atoms with Crippen LogP contribution in [0.5, 0.6) is 0 Å². The van der Waals surface area contributed by atoms with E-state index in [9.17, 15) is 4.79 Å². The molecule has 3 nitrogen and oxygen atoms in total. The number of carbonyl (C=O) groups is 1. The van der Waals surface area contributed by atoms with Crippen LogP contribution in [0.3, 0.4) is 0 Å². The molecule has 1 aliphatic heterocycles. The molecule has 1 heterocycles. The van der Waals surface area contributed by atoms with Gasteiger partial charge in [0.25, 0.3) is 0 Å². The summed E-state index contributed by atoms with van der Waals surface area (Å²) in [7, 11) is 0. The lowest BCUT2D eigenvalue weighted by Gasteiger charge is -2.34. The molecule has 0 aromatic heterocycles. The standard InChI is InChI=1S/C19H23NO2S/c21-19(22)13-6-10-16-9-3-4-14-20(16)23-18-12-5-8-15-7-1-2-11-17(15)18/h1-2,5,7-8,11-12,16H,3-4,6,9-10,13-14H2,(H,21,22). The van der Waals surface area contributed by atoms with Crippen LogP contribution >= 0.6 is 11.9 Å². The predicted molar refractivity (Wildman–Crippen MR) is 95.6 cm³/mol. The Kier molecular flexibility index (Phi) is 5.57. The number of hydrogen-bond acceptors (Lipinski definition) is 3. The van der Waals surface area contributed by atoms with Crippen LogP contribution in [-0.4, -0.2) is 28.0 Å². The summed E-state index contributed by atoms with van der Waals surface area (Å²) in [4.78, 5) is 12.0. The van der Waals surface area contributed by atoms with Crippen LogP contribution in [0.15, 0.2) is 47.4 Å². The molecule has 1 N–H and O–H groups in total. The van der Waals surface area contributed by atoms with E-state index in [1.165, 1.54) is 34.9 Å². The molecule has 0 saturated carbocycles. The van der Waals surface area contributed by atoms with E-state index in [0.29, 0.717) is 6.04 Å². The largest absolute Gasteiger partial charge is 0.481 e. The fraction of sp³-hybridized carbons (Fsp3) is 0.421. The number of carboxylic acid groups (broad SMARTS) is 1. The first kappa shape index (κ1) is 16.3.